The van der Waals surface area contributed by atoms with Crippen LogP contribution in [0.3, 0.4) is 0 Å². The predicted molar refractivity (Wildman–Crippen MR) is 75.4 cm³/mol. The van der Waals surface area contributed by atoms with Crippen LogP contribution in [0.1, 0.15) is 23.4 Å². The molecule has 0 amide bonds. The van der Waals surface area contributed by atoms with Crippen molar-refractivity contribution in [1.29, 1.82) is 0 Å². The van der Waals surface area contributed by atoms with Gasteiger partial charge in [-0.25, -0.2) is 0 Å². The van der Waals surface area contributed by atoms with E-state index in [-0.39, 0.29) is 0 Å². The van der Waals surface area contributed by atoms with E-state index in [1.54, 1.807) is 23.5 Å². The second-order valence-corrected chi connectivity index (χ2v) is 6.41. The van der Waals surface area contributed by atoms with Crippen LogP contribution in [0.4, 0.5) is 0 Å². The quantitative estimate of drug-likeness (QED) is 0.892. The highest BCUT2D eigenvalue weighted by Crippen LogP contribution is 2.27. The molecule has 0 aliphatic rings. The fourth-order valence-electron chi connectivity index (χ4n) is 1.55. The first kappa shape index (κ1) is 12.6. The van der Waals surface area contributed by atoms with E-state index in [1.807, 2.05) is 12.1 Å². The van der Waals surface area contributed by atoms with Gasteiger partial charge in [-0.15, -0.1) is 11.3 Å². The van der Waals surface area contributed by atoms with Gasteiger partial charge in [0.1, 0.15) is 5.75 Å². The summed E-state index contributed by atoms with van der Waals surface area (Å²) in [6, 6.07) is 11.8. The molecule has 0 saturated carbocycles. The van der Waals surface area contributed by atoms with Crippen molar-refractivity contribution in [2.45, 2.75) is 19.5 Å². The number of nitrogens with one attached hydrogen (secondary N) is 1. The Hall–Kier alpha value is -0.840. The first-order valence-electron chi connectivity index (χ1n) is 5.41. The average Bonchev–Trinajstić information content (AvgIpc) is 2.75. The van der Waals surface area contributed by atoms with Crippen LogP contribution in [-0.2, 0) is 6.54 Å². The monoisotopic (exact) mass is 311 g/mol. The van der Waals surface area contributed by atoms with Crippen LogP contribution >= 0.6 is 27.3 Å². The lowest BCUT2D eigenvalue weighted by Gasteiger charge is -2.12. The summed E-state index contributed by atoms with van der Waals surface area (Å²) in [5, 5.41) is 12.6. The molecule has 17 heavy (non-hydrogen) atoms. The van der Waals surface area contributed by atoms with E-state index in [1.165, 1.54) is 10.4 Å². The molecule has 1 heterocycles. The second-order valence-electron chi connectivity index (χ2n) is 3.91. The number of hydrogen-bond donors (Lipinski definition) is 2. The van der Waals surface area contributed by atoms with Crippen LogP contribution in [0.25, 0.3) is 0 Å². The van der Waals surface area contributed by atoms with E-state index in [4.69, 9.17) is 0 Å². The molecule has 2 rings (SSSR count). The van der Waals surface area contributed by atoms with Gasteiger partial charge in [-0.1, -0.05) is 12.1 Å². The molecular weight excluding hydrogens is 298 g/mol. The lowest BCUT2D eigenvalue weighted by molar-refractivity contribution is 0.475. The summed E-state index contributed by atoms with van der Waals surface area (Å²) in [5.41, 5.74) is 1.17. The first-order valence-corrected chi connectivity index (χ1v) is 7.02. The highest BCUT2D eigenvalue weighted by atomic mass is 79.9. The number of benzene rings is 1. The van der Waals surface area contributed by atoms with E-state index in [9.17, 15) is 5.11 Å². The average molecular weight is 312 g/mol. The number of hydrogen-bond acceptors (Lipinski definition) is 3. The van der Waals surface area contributed by atoms with E-state index in [0.29, 0.717) is 11.8 Å². The van der Waals surface area contributed by atoms with Crippen LogP contribution < -0.4 is 5.32 Å². The van der Waals surface area contributed by atoms with Gasteiger partial charge in [0, 0.05) is 17.5 Å². The van der Waals surface area contributed by atoms with Gasteiger partial charge in [0.05, 0.1) is 3.79 Å². The summed E-state index contributed by atoms with van der Waals surface area (Å²) < 4.78 is 1.16. The topological polar surface area (TPSA) is 32.3 Å². The van der Waals surface area contributed by atoms with Crippen LogP contribution in [0, 0.1) is 0 Å². The SMILES string of the molecule is CC(NCc1ccc(O)cc1)c1ccc(Br)s1. The van der Waals surface area contributed by atoms with Crippen molar-refractivity contribution in [3.8, 4) is 5.75 Å². The Balaban J connectivity index is 1.92. The van der Waals surface area contributed by atoms with Gasteiger partial charge in [-0.3, -0.25) is 0 Å². The number of aromatic hydroxyl groups is 1. The molecule has 0 spiro atoms. The number of phenols is 1. The molecule has 2 N–H and O–H groups in total. The Morgan fingerprint density at radius 2 is 1.94 bits per heavy atom. The molecule has 1 unspecified atom stereocenters. The summed E-state index contributed by atoms with van der Waals surface area (Å²) in [6.45, 7) is 2.95. The number of phenolic OH excluding ortho intramolecular Hbond substituents is 1. The maximum absolute atomic E-state index is 9.19. The number of halogens is 1. The minimum Gasteiger partial charge on any atom is -0.508 e. The number of rotatable bonds is 4. The molecular formula is C13H14BrNOS. The van der Waals surface area contributed by atoms with Crippen molar-refractivity contribution >= 4 is 27.3 Å². The van der Waals surface area contributed by atoms with Crippen LogP contribution in [-0.4, -0.2) is 5.11 Å². The zero-order chi connectivity index (χ0) is 12.3. The Morgan fingerprint density at radius 3 is 2.53 bits per heavy atom. The molecule has 0 fully saturated rings. The summed E-state index contributed by atoms with van der Waals surface area (Å²) in [5.74, 6) is 0.309. The third kappa shape index (κ3) is 3.56. The molecule has 0 aliphatic carbocycles. The van der Waals surface area contributed by atoms with Crippen LogP contribution in [0.5, 0.6) is 5.75 Å². The Labute approximate surface area is 113 Å². The van der Waals surface area contributed by atoms with Crippen molar-refractivity contribution in [1.82, 2.24) is 5.32 Å². The van der Waals surface area contributed by atoms with Gasteiger partial charge in [0.2, 0.25) is 0 Å². The Kier molecular flexibility index (Phi) is 4.20. The largest absolute Gasteiger partial charge is 0.508 e. The number of thiophene rings is 1. The molecule has 0 saturated heterocycles. The Bertz CT molecular complexity index is 480. The highest BCUT2D eigenvalue weighted by molar-refractivity contribution is 9.11. The van der Waals surface area contributed by atoms with Gasteiger partial charge in [0.25, 0.3) is 0 Å². The molecule has 2 aromatic rings. The van der Waals surface area contributed by atoms with Crippen molar-refractivity contribution < 1.29 is 5.11 Å². The maximum atomic E-state index is 9.19. The Morgan fingerprint density at radius 1 is 1.24 bits per heavy atom. The lowest BCUT2D eigenvalue weighted by Crippen LogP contribution is -2.16. The predicted octanol–water partition coefficient (Wildman–Crippen LogP) is 4.07. The molecule has 4 heteroatoms. The van der Waals surface area contributed by atoms with Crippen molar-refractivity contribution in [3.63, 3.8) is 0 Å². The van der Waals surface area contributed by atoms with Crippen molar-refractivity contribution in [2.24, 2.45) is 0 Å². The molecule has 0 radical (unpaired) electrons. The molecule has 2 nitrogen and oxygen atoms in total. The van der Waals surface area contributed by atoms with E-state index in [0.717, 1.165) is 10.3 Å². The van der Waals surface area contributed by atoms with Crippen LogP contribution in [0.2, 0.25) is 0 Å². The van der Waals surface area contributed by atoms with E-state index in [2.05, 4.69) is 40.3 Å². The fraction of sp³-hybridized carbons (Fsp3) is 0.231. The fourth-order valence-corrected chi connectivity index (χ4v) is 3.00. The minimum absolute atomic E-state index is 0.309. The maximum Gasteiger partial charge on any atom is 0.115 e. The molecule has 1 atom stereocenters. The third-order valence-corrected chi connectivity index (χ3v) is 4.38. The lowest BCUT2D eigenvalue weighted by atomic mass is 10.2. The summed E-state index contributed by atoms with van der Waals surface area (Å²) >= 11 is 5.21. The van der Waals surface area contributed by atoms with Gasteiger partial charge < -0.3 is 10.4 Å². The smallest absolute Gasteiger partial charge is 0.115 e. The molecule has 1 aromatic carbocycles. The standard InChI is InChI=1S/C13H14BrNOS/c1-9(12-6-7-13(14)17-12)15-8-10-2-4-11(16)5-3-10/h2-7,9,15-16H,8H2,1H3. The molecule has 0 bridgehead atoms. The molecule has 1 aromatic heterocycles. The normalized spacial score (nSPS) is 12.6. The van der Waals surface area contributed by atoms with E-state index < -0.39 is 0 Å². The molecule has 0 aliphatic heterocycles. The zero-order valence-corrected chi connectivity index (χ0v) is 11.9. The second kappa shape index (κ2) is 5.67. The van der Waals surface area contributed by atoms with Crippen LogP contribution in [0.15, 0.2) is 40.2 Å². The van der Waals surface area contributed by atoms with Gasteiger partial charge in [-0.05, 0) is 52.7 Å². The third-order valence-electron chi connectivity index (χ3n) is 2.57. The van der Waals surface area contributed by atoms with Gasteiger partial charge in [-0.2, -0.15) is 0 Å². The van der Waals surface area contributed by atoms with Gasteiger partial charge >= 0.3 is 0 Å². The first-order chi connectivity index (χ1) is 8.15. The van der Waals surface area contributed by atoms with Crippen molar-refractivity contribution in [2.75, 3.05) is 0 Å². The highest BCUT2D eigenvalue weighted by Gasteiger charge is 2.07. The minimum atomic E-state index is 0.309. The van der Waals surface area contributed by atoms with E-state index >= 15 is 0 Å². The molecule has 90 valence electrons. The summed E-state index contributed by atoms with van der Waals surface area (Å²) in [6.07, 6.45) is 0. The summed E-state index contributed by atoms with van der Waals surface area (Å²) in [7, 11) is 0. The van der Waals surface area contributed by atoms with Gasteiger partial charge in [0.15, 0.2) is 0 Å². The zero-order valence-electron chi connectivity index (χ0n) is 9.48. The van der Waals surface area contributed by atoms with Crippen molar-refractivity contribution in [3.05, 3.63) is 50.6 Å². The summed E-state index contributed by atoms with van der Waals surface area (Å²) in [4.78, 5) is 1.32.